The summed E-state index contributed by atoms with van der Waals surface area (Å²) < 4.78 is 5.45. The van der Waals surface area contributed by atoms with Gasteiger partial charge < -0.3 is 4.74 Å². The number of thioether (sulfide) groups is 1. The number of methoxy groups -OCH3 is 1. The number of aliphatic imine (C=N–C) groups is 1. The van der Waals surface area contributed by atoms with Crippen molar-refractivity contribution in [3.63, 3.8) is 0 Å². The molecule has 1 aliphatic carbocycles. The lowest BCUT2D eigenvalue weighted by Crippen LogP contribution is -2.08. The van der Waals surface area contributed by atoms with Crippen LogP contribution in [0.1, 0.15) is 52.4 Å². The molecule has 1 fully saturated rings. The van der Waals surface area contributed by atoms with E-state index in [-0.39, 0.29) is 0 Å². The van der Waals surface area contributed by atoms with Crippen LogP contribution in [0.25, 0.3) is 0 Å². The molecule has 3 heteroatoms. The molecule has 0 aromatic rings. The highest BCUT2D eigenvalue weighted by Gasteiger charge is 2.39. The van der Waals surface area contributed by atoms with Gasteiger partial charge in [0.1, 0.15) is 0 Å². The maximum Gasteiger partial charge on any atom is 0.0783 e. The fraction of sp³-hybridized carbons (Fsp3) is 0.609. The minimum absolute atomic E-state index is 0.296. The first-order valence-corrected chi connectivity index (χ1v) is 11.0. The fourth-order valence-electron chi connectivity index (χ4n) is 3.14. The van der Waals surface area contributed by atoms with Gasteiger partial charge in [-0.25, -0.2) is 0 Å². The van der Waals surface area contributed by atoms with Crippen LogP contribution in [0.4, 0.5) is 0 Å². The Labute approximate surface area is 164 Å². The summed E-state index contributed by atoms with van der Waals surface area (Å²) in [4.78, 5) is 4.86. The number of allylic oxidation sites excluding steroid dienone is 5. The molecule has 0 N–H and O–H groups in total. The van der Waals surface area contributed by atoms with E-state index < -0.39 is 0 Å². The second-order valence-corrected chi connectivity index (χ2v) is 8.57. The molecule has 2 nitrogen and oxygen atoms in total. The molecule has 1 aliphatic heterocycles. The van der Waals surface area contributed by atoms with Gasteiger partial charge in [-0.15, -0.1) is 18.3 Å². The second kappa shape index (κ2) is 11.6. The molecule has 0 radical (unpaired) electrons. The molecule has 2 rings (SSSR count). The van der Waals surface area contributed by atoms with Gasteiger partial charge in [-0.2, -0.15) is 0 Å². The van der Waals surface area contributed by atoms with Crippen LogP contribution in [0.3, 0.4) is 0 Å². The number of hydrogen-bond donors (Lipinski definition) is 0. The van der Waals surface area contributed by atoms with E-state index in [2.05, 4.69) is 50.8 Å². The maximum absolute atomic E-state index is 5.45. The average molecular weight is 374 g/mol. The van der Waals surface area contributed by atoms with Crippen molar-refractivity contribution in [3.05, 3.63) is 48.6 Å². The smallest absolute Gasteiger partial charge is 0.0783 e. The summed E-state index contributed by atoms with van der Waals surface area (Å²) in [6.07, 6.45) is 20.1. The third-order valence-electron chi connectivity index (χ3n) is 5.12. The Morgan fingerprint density at radius 3 is 2.85 bits per heavy atom. The monoisotopic (exact) mass is 373 g/mol. The molecule has 0 bridgehead atoms. The van der Waals surface area contributed by atoms with E-state index in [0.717, 1.165) is 49.7 Å². The molecule has 0 aromatic carbocycles. The normalized spacial score (nSPS) is 27.3. The molecular formula is C23H35NOS. The Bertz CT molecular complexity index is 561. The molecular weight excluding hydrogens is 338 g/mol. The van der Waals surface area contributed by atoms with Crippen molar-refractivity contribution in [2.75, 3.05) is 12.9 Å². The first-order valence-electron chi connectivity index (χ1n) is 9.97. The zero-order valence-corrected chi connectivity index (χ0v) is 17.5. The van der Waals surface area contributed by atoms with Gasteiger partial charge in [0.2, 0.25) is 0 Å². The van der Waals surface area contributed by atoms with Crippen LogP contribution in [-0.2, 0) is 4.74 Å². The van der Waals surface area contributed by atoms with E-state index in [9.17, 15) is 0 Å². The predicted molar refractivity (Wildman–Crippen MR) is 117 cm³/mol. The number of ether oxygens (including phenoxy) is 1. The van der Waals surface area contributed by atoms with Crippen molar-refractivity contribution >= 4 is 16.8 Å². The van der Waals surface area contributed by atoms with Gasteiger partial charge >= 0.3 is 0 Å². The van der Waals surface area contributed by atoms with E-state index in [4.69, 9.17) is 9.73 Å². The number of hydrogen-bond acceptors (Lipinski definition) is 3. The summed E-state index contributed by atoms with van der Waals surface area (Å²) in [6, 6.07) is 0.415. The third kappa shape index (κ3) is 7.67. The highest BCUT2D eigenvalue weighted by Crippen LogP contribution is 2.44. The van der Waals surface area contributed by atoms with E-state index in [1.807, 2.05) is 17.8 Å². The van der Waals surface area contributed by atoms with E-state index in [1.165, 1.54) is 17.0 Å². The molecule has 1 saturated carbocycles. The summed E-state index contributed by atoms with van der Waals surface area (Å²) in [5, 5.41) is 1.41. The molecule has 0 spiro atoms. The van der Waals surface area contributed by atoms with Gasteiger partial charge in [0.25, 0.3) is 0 Å². The van der Waals surface area contributed by atoms with Crippen molar-refractivity contribution in [2.45, 2.75) is 64.5 Å². The van der Waals surface area contributed by atoms with Crippen LogP contribution in [0.5, 0.6) is 0 Å². The maximum atomic E-state index is 5.45. The van der Waals surface area contributed by atoms with Crippen LogP contribution in [0, 0.1) is 11.8 Å². The van der Waals surface area contributed by atoms with Gasteiger partial charge in [-0.05, 0) is 51.4 Å². The van der Waals surface area contributed by atoms with Crippen LogP contribution in [-0.4, -0.2) is 30.1 Å². The minimum Gasteiger partial charge on any atom is -0.381 e. The minimum atomic E-state index is 0.296. The van der Waals surface area contributed by atoms with Gasteiger partial charge in [-0.1, -0.05) is 49.0 Å². The van der Waals surface area contributed by atoms with Crippen LogP contribution < -0.4 is 0 Å². The summed E-state index contributed by atoms with van der Waals surface area (Å²) >= 11 is 1.97. The highest BCUT2D eigenvalue weighted by molar-refractivity contribution is 8.14. The second-order valence-electron chi connectivity index (χ2n) is 7.53. The average Bonchev–Trinajstić information content (AvgIpc) is 3.18. The van der Waals surface area contributed by atoms with Gasteiger partial charge in [0.15, 0.2) is 0 Å². The highest BCUT2D eigenvalue weighted by atomic mass is 32.2. The summed E-state index contributed by atoms with van der Waals surface area (Å²) in [5.41, 5.74) is 1.40. The number of unbranched alkanes of at least 4 members (excludes halogenated alkanes) is 1. The topological polar surface area (TPSA) is 21.6 Å². The molecule has 0 saturated heterocycles. The SMILES string of the molecule is C=CC[C@H](CC/C(C)=C/C=C/CC/C=C\[C@@H]1CSC([C@@H]2C[C@@H]2C)=N1)OC. The lowest BCUT2D eigenvalue weighted by Gasteiger charge is -2.12. The molecule has 0 amide bonds. The first kappa shape index (κ1) is 21.2. The summed E-state index contributed by atoms with van der Waals surface area (Å²) in [6.45, 7) is 8.31. The number of nitrogens with zero attached hydrogens (tertiary/aromatic N) is 1. The quantitative estimate of drug-likeness (QED) is 0.225. The lowest BCUT2D eigenvalue weighted by molar-refractivity contribution is 0.0981. The molecule has 0 aromatic heterocycles. The van der Waals surface area contributed by atoms with E-state index in [0.29, 0.717) is 12.1 Å². The first-order chi connectivity index (χ1) is 12.6. The van der Waals surface area contributed by atoms with Crippen LogP contribution in [0.2, 0.25) is 0 Å². The van der Waals surface area contributed by atoms with Gasteiger partial charge in [0, 0.05) is 18.8 Å². The molecule has 1 heterocycles. The van der Waals surface area contributed by atoms with E-state index in [1.54, 1.807) is 7.11 Å². The van der Waals surface area contributed by atoms with E-state index >= 15 is 0 Å². The summed E-state index contributed by atoms with van der Waals surface area (Å²) in [5.74, 6) is 2.79. The molecule has 0 unspecified atom stereocenters. The molecule has 144 valence electrons. The lowest BCUT2D eigenvalue weighted by atomic mass is 10.1. The Kier molecular flexibility index (Phi) is 9.49. The Hall–Kier alpha value is -1.06. The Balaban J connectivity index is 1.58. The molecule has 2 aliphatic rings. The Morgan fingerprint density at radius 1 is 1.38 bits per heavy atom. The number of rotatable bonds is 12. The van der Waals surface area contributed by atoms with Gasteiger partial charge in [-0.3, -0.25) is 4.99 Å². The van der Waals surface area contributed by atoms with Crippen molar-refractivity contribution in [1.29, 1.82) is 0 Å². The van der Waals surface area contributed by atoms with Crippen molar-refractivity contribution < 1.29 is 4.74 Å². The third-order valence-corrected chi connectivity index (χ3v) is 6.33. The van der Waals surface area contributed by atoms with Gasteiger partial charge in [0.05, 0.1) is 17.2 Å². The van der Waals surface area contributed by atoms with Crippen molar-refractivity contribution in [2.24, 2.45) is 16.8 Å². The molecule has 4 atom stereocenters. The van der Waals surface area contributed by atoms with Crippen molar-refractivity contribution in [3.8, 4) is 0 Å². The standard InChI is InChI=1S/C23H35NOS/c1-5-11-21(25-4)15-14-18(2)12-9-7-6-8-10-13-20-17-26-23(24-20)22-16-19(22)3/h5,7,9-10,12-13,19-22H,1,6,8,11,14-17H2,2-4H3/b9-7+,13-10-,18-12+/t19-,20+,21+,22+/m0/s1. The zero-order chi connectivity index (χ0) is 18.8. The van der Waals surface area contributed by atoms with Crippen LogP contribution in [0.15, 0.2) is 53.6 Å². The largest absolute Gasteiger partial charge is 0.381 e. The zero-order valence-electron chi connectivity index (χ0n) is 16.7. The molecule has 26 heavy (non-hydrogen) atoms. The fourth-order valence-corrected chi connectivity index (χ4v) is 4.42. The van der Waals surface area contributed by atoms with Crippen LogP contribution >= 0.6 is 11.8 Å². The predicted octanol–water partition coefficient (Wildman–Crippen LogP) is 6.37. The van der Waals surface area contributed by atoms with Crippen molar-refractivity contribution in [1.82, 2.24) is 0 Å². The summed E-state index contributed by atoms with van der Waals surface area (Å²) in [7, 11) is 1.78. The Morgan fingerprint density at radius 2 is 2.15 bits per heavy atom.